The van der Waals surface area contributed by atoms with Crippen LogP contribution in [-0.2, 0) is 0 Å². The SMILES string of the molecule is CN(C(=N)C(C#N)=CN)C1CCC1. The van der Waals surface area contributed by atoms with Gasteiger partial charge in [-0.25, -0.2) is 0 Å². The molecule has 1 rings (SSSR count). The highest BCUT2D eigenvalue weighted by Gasteiger charge is 2.24. The Morgan fingerprint density at radius 2 is 2.31 bits per heavy atom. The Bertz CT molecular complexity index is 270. The third kappa shape index (κ3) is 1.81. The lowest BCUT2D eigenvalue weighted by molar-refractivity contribution is 0.240. The molecule has 4 nitrogen and oxygen atoms in total. The van der Waals surface area contributed by atoms with E-state index in [9.17, 15) is 0 Å². The molecule has 0 unspecified atom stereocenters. The van der Waals surface area contributed by atoms with E-state index >= 15 is 0 Å². The lowest BCUT2D eigenvalue weighted by Crippen LogP contribution is -2.41. The summed E-state index contributed by atoms with van der Waals surface area (Å²) in [6.45, 7) is 0. The number of nitrogens with zero attached hydrogens (tertiary/aromatic N) is 2. The van der Waals surface area contributed by atoms with Gasteiger partial charge in [0.2, 0.25) is 0 Å². The van der Waals surface area contributed by atoms with Gasteiger partial charge in [-0.1, -0.05) is 0 Å². The van der Waals surface area contributed by atoms with Gasteiger partial charge in [0.15, 0.2) is 0 Å². The summed E-state index contributed by atoms with van der Waals surface area (Å²) in [4.78, 5) is 1.82. The monoisotopic (exact) mass is 178 g/mol. The molecule has 0 heterocycles. The van der Waals surface area contributed by atoms with Crippen LogP contribution in [0.2, 0.25) is 0 Å². The molecule has 0 radical (unpaired) electrons. The third-order valence-corrected chi connectivity index (χ3v) is 2.52. The number of nitriles is 1. The van der Waals surface area contributed by atoms with Crippen LogP contribution in [0.25, 0.3) is 0 Å². The molecule has 13 heavy (non-hydrogen) atoms. The summed E-state index contributed by atoms with van der Waals surface area (Å²) >= 11 is 0. The van der Waals surface area contributed by atoms with Crippen molar-refractivity contribution in [1.29, 1.82) is 10.7 Å². The molecule has 1 fully saturated rings. The van der Waals surface area contributed by atoms with Gasteiger partial charge >= 0.3 is 0 Å². The van der Waals surface area contributed by atoms with E-state index in [0.29, 0.717) is 6.04 Å². The van der Waals surface area contributed by atoms with Crippen molar-refractivity contribution in [3.8, 4) is 6.07 Å². The smallest absolute Gasteiger partial charge is 0.140 e. The predicted molar refractivity (Wildman–Crippen MR) is 51.0 cm³/mol. The first-order chi connectivity index (χ1) is 6.20. The van der Waals surface area contributed by atoms with Crippen molar-refractivity contribution in [2.45, 2.75) is 25.3 Å². The standard InChI is InChI=1S/C9H14N4/c1-13(8-3-2-4-8)9(12)7(5-10)6-11/h5,8,12H,2-4,10H2,1H3. The Hall–Kier alpha value is -1.50. The predicted octanol–water partition coefficient (Wildman–Crippen LogP) is 0.814. The fourth-order valence-electron chi connectivity index (χ4n) is 1.32. The van der Waals surface area contributed by atoms with Crippen LogP contribution in [0.1, 0.15) is 19.3 Å². The molecule has 0 amide bonds. The van der Waals surface area contributed by atoms with Gasteiger partial charge in [-0.3, -0.25) is 5.41 Å². The molecule has 0 aromatic heterocycles. The topological polar surface area (TPSA) is 76.9 Å². The molecule has 4 heteroatoms. The summed E-state index contributed by atoms with van der Waals surface area (Å²) in [6.07, 6.45) is 4.64. The summed E-state index contributed by atoms with van der Waals surface area (Å²) in [5.41, 5.74) is 5.47. The van der Waals surface area contributed by atoms with Gasteiger partial charge in [-0.15, -0.1) is 0 Å². The summed E-state index contributed by atoms with van der Waals surface area (Å²) in [5, 5.41) is 16.3. The third-order valence-electron chi connectivity index (χ3n) is 2.52. The fourth-order valence-corrected chi connectivity index (χ4v) is 1.32. The van der Waals surface area contributed by atoms with Gasteiger partial charge < -0.3 is 10.6 Å². The fraction of sp³-hybridized carbons (Fsp3) is 0.556. The zero-order valence-electron chi connectivity index (χ0n) is 7.75. The maximum Gasteiger partial charge on any atom is 0.140 e. The van der Waals surface area contributed by atoms with Crippen molar-refractivity contribution in [2.75, 3.05) is 7.05 Å². The van der Waals surface area contributed by atoms with E-state index < -0.39 is 0 Å². The number of hydrogen-bond acceptors (Lipinski definition) is 3. The highest BCUT2D eigenvalue weighted by molar-refractivity contribution is 5.99. The van der Waals surface area contributed by atoms with E-state index in [1.54, 1.807) is 0 Å². The number of amidine groups is 1. The molecule has 0 aliphatic heterocycles. The molecule has 0 bridgehead atoms. The van der Waals surface area contributed by atoms with Crippen molar-refractivity contribution in [3.05, 3.63) is 11.8 Å². The van der Waals surface area contributed by atoms with Crippen LogP contribution in [0, 0.1) is 16.7 Å². The maximum atomic E-state index is 8.65. The van der Waals surface area contributed by atoms with E-state index in [2.05, 4.69) is 0 Å². The molecule has 0 spiro atoms. The van der Waals surface area contributed by atoms with Gasteiger partial charge in [0.25, 0.3) is 0 Å². The van der Waals surface area contributed by atoms with E-state index in [-0.39, 0.29) is 11.4 Å². The van der Waals surface area contributed by atoms with Crippen molar-refractivity contribution in [2.24, 2.45) is 5.73 Å². The molecule has 1 aliphatic rings. The quantitative estimate of drug-likeness (QED) is 0.373. The van der Waals surface area contributed by atoms with Gasteiger partial charge in [0, 0.05) is 19.3 Å². The van der Waals surface area contributed by atoms with Crippen LogP contribution in [0.4, 0.5) is 0 Å². The minimum absolute atomic E-state index is 0.231. The molecule has 1 saturated carbocycles. The molecular weight excluding hydrogens is 164 g/mol. The van der Waals surface area contributed by atoms with Crippen LogP contribution in [0.5, 0.6) is 0 Å². The van der Waals surface area contributed by atoms with Gasteiger partial charge in [-0.05, 0) is 19.3 Å². The van der Waals surface area contributed by atoms with Crippen LogP contribution in [0.3, 0.4) is 0 Å². The minimum Gasteiger partial charge on any atom is -0.403 e. The van der Waals surface area contributed by atoms with E-state index in [1.807, 2.05) is 18.0 Å². The number of likely N-dealkylation sites (N-methyl/N-ethyl adjacent to an activating group) is 1. The average Bonchev–Trinajstić information content (AvgIpc) is 2.03. The zero-order chi connectivity index (χ0) is 9.84. The minimum atomic E-state index is 0.231. The molecule has 0 aromatic rings. The van der Waals surface area contributed by atoms with Crippen molar-refractivity contribution in [3.63, 3.8) is 0 Å². The zero-order valence-corrected chi connectivity index (χ0v) is 7.75. The lowest BCUT2D eigenvalue weighted by atomic mass is 9.91. The molecule has 70 valence electrons. The maximum absolute atomic E-state index is 8.65. The average molecular weight is 178 g/mol. The van der Waals surface area contributed by atoms with Gasteiger partial charge in [-0.2, -0.15) is 5.26 Å². The second kappa shape index (κ2) is 3.94. The lowest BCUT2D eigenvalue weighted by Gasteiger charge is -2.36. The van der Waals surface area contributed by atoms with Gasteiger partial charge in [0.05, 0.1) is 0 Å². The number of nitrogens with two attached hydrogens (primary N) is 1. The number of nitrogens with one attached hydrogen (secondary N) is 1. The first-order valence-electron chi connectivity index (χ1n) is 4.34. The Kier molecular flexibility index (Phi) is 2.91. The van der Waals surface area contributed by atoms with Gasteiger partial charge in [0.1, 0.15) is 17.5 Å². The Balaban J connectivity index is 2.61. The van der Waals surface area contributed by atoms with E-state index in [4.69, 9.17) is 16.4 Å². The van der Waals surface area contributed by atoms with Crippen LogP contribution in [-0.4, -0.2) is 23.8 Å². The largest absolute Gasteiger partial charge is 0.403 e. The van der Waals surface area contributed by atoms with E-state index in [1.165, 1.54) is 12.6 Å². The first-order valence-corrected chi connectivity index (χ1v) is 4.34. The Morgan fingerprint density at radius 1 is 1.69 bits per heavy atom. The Morgan fingerprint density at radius 3 is 2.62 bits per heavy atom. The second-order valence-electron chi connectivity index (χ2n) is 3.24. The molecular formula is C9H14N4. The summed E-state index contributed by atoms with van der Waals surface area (Å²) < 4.78 is 0. The van der Waals surface area contributed by atoms with Crippen molar-refractivity contribution in [1.82, 2.24) is 4.90 Å². The van der Waals surface area contributed by atoms with Crippen LogP contribution in [0.15, 0.2) is 11.8 Å². The highest BCUT2D eigenvalue weighted by Crippen LogP contribution is 2.24. The summed E-state index contributed by atoms with van der Waals surface area (Å²) in [6, 6.07) is 2.33. The number of hydrogen-bond donors (Lipinski definition) is 2. The summed E-state index contributed by atoms with van der Waals surface area (Å²) in [5.74, 6) is 0.231. The number of rotatable bonds is 2. The van der Waals surface area contributed by atoms with Crippen molar-refractivity contribution >= 4 is 5.84 Å². The first kappa shape index (κ1) is 9.59. The Labute approximate surface area is 78.1 Å². The molecule has 3 N–H and O–H groups in total. The molecule has 0 atom stereocenters. The van der Waals surface area contributed by atoms with Crippen molar-refractivity contribution < 1.29 is 0 Å². The normalized spacial score (nSPS) is 17.4. The van der Waals surface area contributed by atoms with Crippen LogP contribution < -0.4 is 5.73 Å². The second-order valence-corrected chi connectivity index (χ2v) is 3.24. The molecule has 1 aliphatic carbocycles. The molecule has 0 saturated heterocycles. The van der Waals surface area contributed by atoms with E-state index in [0.717, 1.165) is 12.8 Å². The summed E-state index contributed by atoms with van der Waals surface area (Å²) in [7, 11) is 1.84. The molecule has 0 aromatic carbocycles. The van der Waals surface area contributed by atoms with Crippen LogP contribution >= 0.6 is 0 Å². The highest BCUT2D eigenvalue weighted by atomic mass is 15.2.